The van der Waals surface area contributed by atoms with Crippen LogP contribution >= 0.6 is 11.8 Å². The maximum atomic E-state index is 5.49. The third-order valence-corrected chi connectivity index (χ3v) is 4.80. The van der Waals surface area contributed by atoms with E-state index in [-0.39, 0.29) is 5.37 Å². The van der Waals surface area contributed by atoms with Crippen LogP contribution in [0.2, 0.25) is 0 Å². The van der Waals surface area contributed by atoms with Gasteiger partial charge in [-0.2, -0.15) is 0 Å². The van der Waals surface area contributed by atoms with Crippen LogP contribution in [0, 0.1) is 0 Å². The first-order chi connectivity index (χ1) is 12.3. The zero-order chi connectivity index (χ0) is 17.1. The smallest absolute Gasteiger partial charge is 0.212 e. The van der Waals surface area contributed by atoms with Crippen LogP contribution in [-0.4, -0.2) is 26.9 Å². The summed E-state index contributed by atoms with van der Waals surface area (Å²) in [5.41, 5.74) is 5.61. The Morgan fingerprint density at radius 3 is 2.68 bits per heavy atom. The zero-order valence-corrected chi connectivity index (χ0v) is 14.6. The summed E-state index contributed by atoms with van der Waals surface area (Å²) in [7, 11) is 0. The van der Waals surface area contributed by atoms with E-state index in [0.29, 0.717) is 6.61 Å². The molecule has 6 heteroatoms. The molecule has 3 aromatic rings. The fourth-order valence-corrected chi connectivity index (χ4v) is 3.50. The minimum Gasteiger partial charge on any atom is -0.494 e. The van der Waals surface area contributed by atoms with Crippen molar-refractivity contribution in [3.8, 4) is 17.1 Å². The van der Waals surface area contributed by atoms with E-state index in [9.17, 15) is 0 Å². The molecule has 1 N–H and O–H groups in total. The molecule has 0 fully saturated rings. The molecule has 0 saturated carbocycles. The third kappa shape index (κ3) is 3.39. The van der Waals surface area contributed by atoms with E-state index in [1.165, 1.54) is 5.56 Å². The van der Waals surface area contributed by atoms with Crippen molar-refractivity contribution < 1.29 is 4.74 Å². The fourth-order valence-electron chi connectivity index (χ4n) is 2.63. The molecule has 2 heterocycles. The predicted molar refractivity (Wildman–Crippen MR) is 101 cm³/mol. The topological polar surface area (TPSA) is 52.0 Å². The van der Waals surface area contributed by atoms with Gasteiger partial charge in [0.15, 0.2) is 5.82 Å². The molecule has 0 bridgehead atoms. The SMILES string of the molecule is CCOc1ccc(-c2nnc3n2N[C@H](C=Cc2ccccc2)S3)cc1. The normalized spacial score (nSPS) is 16.0. The van der Waals surface area contributed by atoms with Crippen molar-refractivity contribution in [2.24, 2.45) is 0 Å². The maximum Gasteiger partial charge on any atom is 0.212 e. The first-order valence-corrected chi connectivity index (χ1v) is 9.06. The number of ether oxygens (including phenoxy) is 1. The number of nitrogens with zero attached hydrogens (tertiary/aromatic N) is 3. The molecule has 0 spiro atoms. The highest BCUT2D eigenvalue weighted by Gasteiger charge is 2.25. The van der Waals surface area contributed by atoms with Crippen LogP contribution in [0.25, 0.3) is 17.5 Å². The summed E-state index contributed by atoms with van der Waals surface area (Å²) in [5.74, 6) is 1.67. The number of hydrogen-bond acceptors (Lipinski definition) is 5. The molecule has 1 atom stereocenters. The molecule has 0 unspecified atom stereocenters. The van der Waals surface area contributed by atoms with Gasteiger partial charge < -0.3 is 10.2 Å². The van der Waals surface area contributed by atoms with Crippen molar-refractivity contribution >= 4 is 17.8 Å². The molecule has 4 rings (SSSR count). The highest BCUT2D eigenvalue weighted by atomic mass is 32.2. The van der Waals surface area contributed by atoms with Gasteiger partial charge in [-0.15, -0.1) is 10.2 Å². The second kappa shape index (κ2) is 7.03. The van der Waals surface area contributed by atoms with Crippen molar-refractivity contribution in [3.05, 3.63) is 66.2 Å². The van der Waals surface area contributed by atoms with Crippen LogP contribution in [0.4, 0.5) is 0 Å². The molecule has 1 aliphatic heterocycles. The largest absolute Gasteiger partial charge is 0.494 e. The van der Waals surface area contributed by atoms with Crippen molar-refractivity contribution in [3.63, 3.8) is 0 Å². The molecule has 1 aromatic heterocycles. The Morgan fingerprint density at radius 1 is 1.12 bits per heavy atom. The molecule has 5 nitrogen and oxygen atoms in total. The number of rotatable bonds is 5. The van der Waals surface area contributed by atoms with Gasteiger partial charge in [0.2, 0.25) is 5.16 Å². The number of thioether (sulfide) groups is 1. The van der Waals surface area contributed by atoms with Gasteiger partial charge in [-0.25, -0.2) is 4.68 Å². The Morgan fingerprint density at radius 2 is 1.92 bits per heavy atom. The lowest BCUT2D eigenvalue weighted by Crippen LogP contribution is -2.17. The van der Waals surface area contributed by atoms with Gasteiger partial charge in [-0.05, 0) is 42.8 Å². The number of nitrogens with one attached hydrogen (secondary N) is 1. The molecular formula is C19H18N4OS. The molecule has 2 aromatic carbocycles. The Labute approximate surface area is 150 Å². The van der Waals surface area contributed by atoms with E-state index in [2.05, 4.69) is 39.9 Å². The van der Waals surface area contributed by atoms with Crippen LogP contribution in [0.1, 0.15) is 12.5 Å². The number of benzene rings is 2. The lowest BCUT2D eigenvalue weighted by atomic mass is 10.2. The Balaban J connectivity index is 1.50. The van der Waals surface area contributed by atoms with Crippen LogP contribution in [0.15, 0.2) is 65.8 Å². The lowest BCUT2D eigenvalue weighted by molar-refractivity contribution is 0.340. The van der Waals surface area contributed by atoms with E-state index in [4.69, 9.17) is 4.74 Å². The monoisotopic (exact) mass is 350 g/mol. The van der Waals surface area contributed by atoms with Crippen LogP contribution in [-0.2, 0) is 0 Å². The standard InChI is InChI=1S/C19H18N4OS/c1-2-24-16-11-9-15(10-12-16)18-20-21-19-23(18)22-17(25-19)13-8-14-6-4-3-5-7-14/h3-13,17,22H,2H2,1H3/t17-/m0/s1. The summed E-state index contributed by atoms with van der Waals surface area (Å²) >= 11 is 1.65. The average molecular weight is 350 g/mol. The molecule has 0 amide bonds. The van der Waals surface area contributed by atoms with E-state index < -0.39 is 0 Å². The van der Waals surface area contributed by atoms with Gasteiger partial charge in [0.1, 0.15) is 11.1 Å². The highest BCUT2D eigenvalue weighted by molar-refractivity contribution is 8.00. The molecule has 0 aliphatic carbocycles. The summed E-state index contributed by atoms with van der Waals surface area (Å²) < 4.78 is 7.43. The number of aromatic nitrogens is 3. The Hall–Kier alpha value is -2.73. The van der Waals surface area contributed by atoms with Gasteiger partial charge in [-0.1, -0.05) is 48.2 Å². The molecule has 126 valence electrons. The first kappa shape index (κ1) is 15.8. The predicted octanol–water partition coefficient (Wildman–Crippen LogP) is 4.03. The van der Waals surface area contributed by atoms with Gasteiger partial charge >= 0.3 is 0 Å². The number of hydrogen-bond donors (Lipinski definition) is 1. The van der Waals surface area contributed by atoms with Gasteiger partial charge in [0.25, 0.3) is 0 Å². The van der Waals surface area contributed by atoms with Gasteiger partial charge in [0.05, 0.1) is 6.61 Å². The van der Waals surface area contributed by atoms with Crippen LogP contribution in [0.3, 0.4) is 0 Å². The van der Waals surface area contributed by atoms with E-state index in [1.54, 1.807) is 11.8 Å². The van der Waals surface area contributed by atoms with E-state index in [1.807, 2.05) is 54.1 Å². The summed E-state index contributed by atoms with van der Waals surface area (Å²) in [6, 6.07) is 18.2. The minimum atomic E-state index is 0.132. The second-order valence-corrected chi connectivity index (χ2v) is 6.65. The first-order valence-electron chi connectivity index (χ1n) is 8.18. The zero-order valence-electron chi connectivity index (χ0n) is 13.8. The number of fused-ring (bicyclic) bond motifs is 1. The van der Waals surface area contributed by atoms with Gasteiger partial charge in [0, 0.05) is 5.56 Å². The average Bonchev–Trinajstić information content (AvgIpc) is 3.22. The molecular weight excluding hydrogens is 332 g/mol. The summed E-state index contributed by atoms with van der Waals surface area (Å²) in [6.07, 6.45) is 4.25. The summed E-state index contributed by atoms with van der Waals surface area (Å²) in [4.78, 5) is 0. The highest BCUT2D eigenvalue weighted by Crippen LogP contribution is 2.32. The van der Waals surface area contributed by atoms with Crippen molar-refractivity contribution in [1.29, 1.82) is 0 Å². The Bertz CT molecular complexity index is 874. The fraction of sp³-hybridized carbons (Fsp3) is 0.158. The molecule has 25 heavy (non-hydrogen) atoms. The molecule has 0 saturated heterocycles. The van der Waals surface area contributed by atoms with Crippen molar-refractivity contribution in [1.82, 2.24) is 14.9 Å². The van der Waals surface area contributed by atoms with Gasteiger partial charge in [-0.3, -0.25) is 0 Å². The third-order valence-electron chi connectivity index (χ3n) is 3.81. The lowest BCUT2D eigenvalue weighted by Gasteiger charge is -2.09. The maximum absolute atomic E-state index is 5.49. The summed E-state index contributed by atoms with van der Waals surface area (Å²) in [6.45, 7) is 2.64. The van der Waals surface area contributed by atoms with Crippen molar-refractivity contribution in [2.45, 2.75) is 17.5 Å². The van der Waals surface area contributed by atoms with Crippen molar-refractivity contribution in [2.75, 3.05) is 12.0 Å². The minimum absolute atomic E-state index is 0.132. The van der Waals surface area contributed by atoms with Crippen LogP contribution in [0.5, 0.6) is 5.75 Å². The molecule has 0 radical (unpaired) electrons. The van der Waals surface area contributed by atoms with Crippen LogP contribution < -0.4 is 10.2 Å². The Kier molecular flexibility index (Phi) is 4.43. The van der Waals surface area contributed by atoms with E-state index in [0.717, 1.165) is 22.3 Å². The molecule has 1 aliphatic rings. The van der Waals surface area contributed by atoms with E-state index >= 15 is 0 Å². The quantitative estimate of drug-likeness (QED) is 0.753. The second-order valence-electron chi connectivity index (χ2n) is 5.54. The summed E-state index contributed by atoms with van der Waals surface area (Å²) in [5, 5.41) is 9.59.